The molecular formula is C26H30N2O4S2. The molecule has 0 radical (unpaired) electrons. The smallest absolute Gasteiger partial charge is 0.207 e. The van der Waals surface area contributed by atoms with Gasteiger partial charge in [-0.1, -0.05) is 67.6 Å². The molecule has 0 N–H and O–H groups in total. The monoisotopic (exact) mass is 498 g/mol. The minimum absolute atomic E-state index is 0.0880. The van der Waals surface area contributed by atoms with Crippen LogP contribution in [0, 0.1) is 0 Å². The van der Waals surface area contributed by atoms with Gasteiger partial charge in [0.25, 0.3) is 0 Å². The molecule has 0 aliphatic carbocycles. The number of piperidine rings is 1. The number of sulfonamides is 2. The van der Waals surface area contributed by atoms with Crippen molar-refractivity contribution in [2.75, 3.05) is 19.6 Å². The molecule has 1 aliphatic heterocycles. The van der Waals surface area contributed by atoms with Gasteiger partial charge in [0.2, 0.25) is 20.0 Å². The lowest BCUT2D eigenvalue weighted by Gasteiger charge is -2.32. The number of hydrogen-bond acceptors (Lipinski definition) is 4. The van der Waals surface area contributed by atoms with Gasteiger partial charge in [-0.05, 0) is 54.2 Å². The van der Waals surface area contributed by atoms with Crippen LogP contribution in [0.5, 0.6) is 0 Å². The second-order valence-electron chi connectivity index (χ2n) is 8.50. The van der Waals surface area contributed by atoms with Crippen molar-refractivity contribution in [3.8, 4) is 0 Å². The summed E-state index contributed by atoms with van der Waals surface area (Å²) in [7, 11) is -7.47. The first-order valence-electron chi connectivity index (χ1n) is 11.5. The quantitative estimate of drug-likeness (QED) is 0.459. The fourth-order valence-electron chi connectivity index (χ4n) is 4.39. The third-order valence-electron chi connectivity index (χ3n) is 6.31. The van der Waals surface area contributed by atoms with Gasteiger partial charge in [0.15, 0.2) is 0 Å². The molecular weight excluding hydrogens is 468 g/mol. The van der Waals surface area contributed by atoms with E-state index in [2.05, 4.69) is 0 Å². The fourth-order valence-corrected chi connectivity index (χ4v) is 7.35. The van der Waals surface area contributed by atoms with Crippen LogP contribution in [0.2, 0.25) is 0 Å². The average molecular weight is 499 g/mol. The normalized spacial score (nSPS) is 17.6. The third-order valence-corrected chi connectivity index (χ3v) is 10.1. The van der Waals surface area contributed by atoms with Crippen LogP contribution in [-0.4, -0.2) is 45.1 Å². The summed E-state index contributed by atoms with van der Waals surface area (Å²) in [4.78, 5) is 0.205. The number of nitrogens with zero attached hydrogens (tertiary/aromatic N) is 2. The molecule has 8 heteroatoms. The summed E-state index contributed by atoms with van der Waals surface area (Å²) in [5.74, 6) is 0.153. The van der Waals surface area contributed by atoms with E-state index in [9.17, 15) is 16.8 Å². The van der Waals surface area contributed by atoms with Crippen LogP contribution >= 0.6 is 0 Å². The predicted octanol–water partition coefficient (Wildman–Crippen LogP) is 4.47. The molecule has 0 spiro atoms. The zero-order valence-corrected chi connectivity index (χ0v) is 20.9. The Morgan fingerprint density at radius 1 is 0.824 bits per heavy atom. The Bertz CT molecular complexity index is 1290. The summed E-state index contributed by atoms with van der Waals surface area (Å²) in [6.07, 6.45) is 1.73. The topological polar surface area (TPSA) is 74.8 Å². The minimum Gasteiger partial charge on any atom is -0.207 e. The highest BCUT2D eigenvalue weighted by molar-refractivity contribution is 7.89. The first-order chi connectivity index (χ1) is 16.3. The Labute approximate surface area is 203 Å². The standard InChI is InChI=1S/C26H30N2O4S2/c1-2-27(20-22-10-5-3-6-11-22)33(29,30)25-15-17-26(18-16-25)34(31,32)28-19-9-14-24(21-28)23-12-7-4-8-13-23/h3-8,10-13,15-18,24H,2,9,14,19-21H2,1H3. The molecule has 0 saturated carbocycles. The third kappa shape index (κ3) is 5.25. The molecule has 1 saturated heterocycles. The second kappa shape index (κ2) is 10.4. The number of rotatable bonds is 8. The highest BCUT2D eigenvalue weighted by Crippen LogP contribution is 2.30. The van der Waals surface area contributed by atoms with Crippen molar-refractivity contribution in [3.05, 3.63) is 96.1 Å². The summed E-state index contributed by atoms with van der Waals surface area (Å²) in [6, 6.07) is 25.0. The van der Waals surface area contributed by atoms with Crippen LogP contribution in [-0.2, 0) is 26.6 Å². The van der Waals surface area contributed by atoms with E-state index < -0.39 is 20.0 Å². The van der Waals surface area contributed by atoms with Crippen molar-refractivity contribution >= 4 is 20.0 Å². The van der Waals surface area contributed by atoms with E-state index in [-0.39, 0.29) is 22.3 Å². The van der Waals surface area contributed by atoms with Gasteiger partial charge in [0.1, 0.15) is 0 Å². The van der Waals surface area contributed by atoms with Crippen LogP contribution in [0.15, 0.2) is 94.7 Å². The molecule has 0 bridgehead atoms. The van der Waals surface area contributed by atoms with Gasteiger partial charge in [0, 0.05) is 26.2 Å². The predicted molar refractivity (Wildman–Crippen MR) is 133 cm³/mol. The maximum absolute atomic E-state index is 13.3. The van der Waals surface area contributed by atoms with E-state index in [0.717, 1.165) is 24.0 Å². The van der Waals surface area contributed by atoms with E-state index in [0.29, 0.717) is 19.6 Å². The molecule has 34 heavy (non-hydrogen) atoms. The molecule has 1 heterocycles. The van der Waals surface area contributed by atoms with Crippen LogP contribution in [0.25, 0.3) is 0 Å². The van der Waals surface area contributed by atoms with Gasteiger partial charge < -0.3 is 0 Å². The highest BCUT2D eigenvalue weighted by atomic mass is 32.2. The zero-order valence-electron chi connectivity index (χ0n) is 19.2. The van der Waals surface area contributed by atoms with Crippen molar-refractivity contribution in [1.82, 2.24) is 8.61 Å². The molecule has 1 fully saturated rings. The Kier molecular flexibility index (Phi) is 7.52. The first kappa shape index (κ1) is 24.6. The number of hydrogen-bond donors (Lipinski definition) is 0. The summed E-state index contributed by atoms with van der Waals surface area (Å²) in [5, 5.41) is 0. The summed E-state index contributed by atoms with van der Waals surface area (Å²) < 4.78 is 55.9. The maximum atomic E-state index is 13.3. The Hall–Kier alpha value is -2.52. The molecule has 1 atom stereocenters. The van der Waals surface area contributed by atoms with Crippen molar-refractivity contribution in [3.63, 3.8) is 0 Å². The molecule has 4 rings (SSSR count). The highest BCUT2D eigenvalue weighted by Gasteiger charge is 2.31. The SMILES string of the molecule is CCN(Cc1ccccc1)S(=O)(=O)c1ccc(S(=O)(=O)N2CCCC(c3ccccc3)C2)cc1. The van der Waals surface area contributed by atoms with Gasteiger partial charge in [0.05, 0.1) is 9.79 Å². The van der Waals surface area contributed by atoms with E-state index in [1.54, 1.807) is 6.92 Å². The van der Waals surface area contributed by atoms with Gasteiger partial charge >= 0.3 is 0 Å². The lowest BCUT2D eigenvalue weighted by molar-refractivity contribution is 0.315. The van der Waals surface area contributed by atoms with E-state index in [1.165, 1.54) is 32.9 Å². The summed E-state index contributed by atoms with van der Waals surface area (Å²) in [5.41, 5.74) is 2.03. The van der Waals surface area contributed by atoms with Gasteiger partial charge in [-0.3, -0.25) is 0 Å². The minimum atomic E-state index is -3.76. The van der Waals surface area contributed by atoms with E-state index in [4.69, 9.17) is 0 Å². The van der Waals surface area contributed by atoms with Crippen molar-refractivity contribution in [1.29, 1.82) is 0 Å². The largest absolute Gasteiger partial charge is 0.243 e. The second-order valence-corrected chi connectivity index (χ2v) is 12.4. The van der Waals surface area contributed by atoms with Crippen molar-refractivity contribution < 1.29 is 16.8 Å². The Balaban J connectivity index is 1.53. The van der Waals surface area contributed by atoms with E-state index >= 15 is 0 Å². The molecule has 0 aromatic heterocycles. The van der Waals surface area contributed by atoms with Gasteiger partial charge in [-0.25, -0.2) is 16.8 Å². The van der Waals surface area contributed by atoms with Crippen LogP contribution in [0.3, 0.4) is 0 Å². The first-order valence-corrected chi connectivity index (χ1v) is 14.4. The molecule has 6 nitrogen and oxygen atoms in total. The fraction of sp³-hybridized carbons (Fsp3) is 0.308. The van der Waals surface area contributed by atoms with Crippen LogP contribution in [0.1, 0.15) is 36.8 Å². The Morgan fingerprint density at radius 3 is 2.03 bits per heavy atom. The van der Waals surface area contributed by atoms with Gasteiger partial charge in [-0.2, -0.15) is 8.61 Å². The molecule has 180 valence electrons. The maximum Gasteiger partial charge on any atom is 0.243 e. The number of benzene rings is 3. The summed E-state index contributed by atoms with van der Waals surface area (Å²) >= 11 is 0. The zero-order chi connectivity index (χ0) is 24.2. The van der Waals surface area contributed by atoms with Crippen molar-refractivity contribution in [2.45, 2.75) is 42.0 Å². The van der Waals surface area contributed by atoms with Crippen LogP contribution in [0.4, 0.5) is 0 Å². The Morgan fingerprint density at radius 2 is 1.41 bits per heavy atom. The molecule has 1 unspecified atom stereocenters. The molecule has 1 aliphatic rings. The average Bonchev–Trinajstić information content (AvgIpc) is 2.88. The lowest BCUT2D eigenvalue weighted by atomic mass is 9.92. The molecule has 3 aromatic carbocycles. The van der Waals surface area contributed by atoms with Gasteiger partial charge in [-0.15, -0.1) is 0 Å². The summed E-state index contributed by atoms with van der Waals surface area (Å²) in [6.45, 7) is 3.25. The molecule has 3 aromatic rings. The van der Waals surface area contributed by atoms with E-state index in [1.807, 2.05) is 60.7 Å². The lowest BCUT2D eigenvalue weighted by Crippen LogP contribution is -2.39. The van der Waals surface area contributed by atoms with Crippen LogP contribution < -0.4 is 0 Å². The molecule has 0 amide bonds. The van der Waals surface area contributed by atoms with Crippen molar-refractivity contribution in [2.24, 2.45) is 0 Å².